The van der Waals surface area contributed by atoms with E-state index in [-0.39, 0.29) is 0 Å². The maximum absolute atomic E-state index is 2.35. The summed E-state index contributed by atoms with van der Waals surface area (Å²) in [6, 6.07) is 0. The molecular weight excluding hydrogens is 272 g/mol. The van der Waals surface area contributed by atoms with Crippen LogP contribution in [0.3, 0.4) is 0 Å². The van der Waals surface area contributed by atoms with Crippen molar-refractivity contribution in [3.8, 4) is 0 Å². The third-order valence-corrected chi connectivity index (χ3v) is 11.2. The topological polar surface area (TPSA) is 0 Å². The summed E-state index contributed by atoms with van der Waals surface area (Å²) >= 11 is 8.77. The van der Waals surface area contributed by atoms with E-state index >= 15 is 0 Å². The van der Waals surface area contributed by atoms with E-state index in [4.69, 9.17) is 0 Å². The van der Waals surface area contributed by atoms with Crippen LogP contribution in [-0.4, -0.2) is 31.2 Å². The second-order valence-electron chi connectivity index (χ2n) is 4.03. The molecule has 0 nitrogen and oxygen atoms in total. The van der Waals surface area contributed by atoms with Crippen molar-refractivity contribution in [1.29, 1.82) is 0 Å². The minimum atomic E-state index is 0.384. The van der Waals surface area contributed by atoms with Gasteiger partial charge in [-0.2, -0.15) is 0 Å². The van der Waals surface area contributed by atoms with E-state index in [9.17, 15) is 0 Å². The van der Waals surface area contributed by atoms with Gasteiger partial charge < -0.3 is 0 Å². The van der Waals surface area contributed by atoms with Crippen molar-refractivity contribution < 1.29 is 0 Å². The quantitative estimate of drug-likeness (QED) is 0.653. The van der Waals surface area contributed by atoms with Crippen LogP contribution < -0.4 is 0 Å². The van der Waals surface area contributed by atoms with E-state index in [2.05, 4.69) is 73.0 Å². The summed E-state index contributed by atoms with van der Waals surface area (Å²) in [5.74, 6) is 5.29. The third kappa shape index (κ3) is 1.25. The van der Waals surface area contributed by atoms with Crippen LogP contribution in [0.25, 0.3) is 0 Å². The Morgan fingerprint density at radius 1 is 0.750 bits per heavy atom. The molecule has 0 N–H and O–H groups in total. The first-order chi connectivity index (χ1) is 7.81. The Balaban J connectivity index is 2.08. The largest absolute Gasteiger partial charge is 0.136 e. The van der Waals surface area contributed by atoms with E-state index in [1.165, 1.54) is 23.0 Å². The van der Waals surface area contributed by atoms with Crippen molar-refractivity contribution in [1.82, 2.24) is 0 Å². The molecule has 2 spiro atoms. The Morgan fingerprint density at radius 2 is 1.06 bits per heavy atom. The molecule has 2 saturated heterocycles. The molecule has 3 rings (SSSR count). The Kier molecular flexibility index (Phi) is 3.15. The van der Waals surface area contributed by atoms with Crippen LogP contribution in [0.2, 0.25) is 0 Å². The molecular formula is C12H16S4. The summed E-state index contributed by atoms with van der Waals surface area (Å²) < 4.78 is 0.769. The monoisotopic (exact) mass is 288 g/mol. The number of thioether (sulfide) groups is 4. The number of hydrogen-bond acceptors (Lipinski definition) is 4. The van der Waals surface area contributed by atoms with Crippen LogP contribution in [0, 0.1) is 0 Å². The first-order valence-corrected chi connectivity index (χ1v) is 9.65. The standard InChI is InChI=1S/C12H16S4/c1-3-9-10(4-2)12(15-7-8-16-12)11(9)13-5-6-14-11/h3-4H,5-8H2,1-2H3/b9-3-,10-4-. The zero-order chi connectivity index (χ0) is 11.2. The predicted octanol–water partition coefficient (Wildman–Crippen LogP) is 4.25. The molecule has 0 aromatic carbocycles. The Bertz CT molecular complexity index is 321. The highest BCUT2D eigenvalue weighted by molar-refractivity contribution is 8.29. The molecule has 0 bridgehead atoms. The lowest BCUT2D eigenvalue weighted by molar-refractivity contribution is 0.766. The smallest absolute Gasteiger partial charge is 0.114 e. The van der Waals surface area contributed by atoms with Gasteiger partial charge in [0.1, 0.15) is 8.16 Å². The summed E-state index contributed by atoms with van der Waals surface area (Å²) in [4.78, 5) is 0. The molecule has 0 unspecified atom stereocenters. The van der Waals surface area contributed by atoms with E-state index < -0.39 is 0 Å². The Labute approximate surface area is 115 Å². The molecule has 16 heavy (non-hydrogen) atoms. The van der Waals surface area contributed by atoms with Gasteiger partial charge in [-0.25, -0.2) is 0 Å². The number of fused-ring (bicyclic) bond motifs is 1. The lowest BCUT2D eigenvalue weighted by Crippen LogP contribution is -2.56. The fourth-order valence-electron chi connectivity index (χ4n) is 2.85. The summed E-state index contributed by atoms with van der Waals surface area (Å²) in [5, 5.41) is 0. The zero-order valence-corrected chi connectivity index (χ0v) is 12.9. The first kappa shape index (κ1) is 11.9. The van der Waals surface area contributed by atoms with Gasteiger partial charge in [0.05, 0.1) is 0 Å². The summed E-state index contributed by atoms with van der Waals surface area (Å²) in [6.07, 6.45) is 4.71. The summed E-state index contributed by atoms with van der Waals surface area (Å²) in [6.45, 7) is 4.41. The normalized spacial score (nSPS) is 35.4. The molecule has 3 aliphatic rings. The van der Waals surface area contributed by atoms with Crippen LogP contribution in [0.1, 0.15) is 13.8 Å². The van der Waals surface area contributed by atoms with Gasteiger partial charge in [0.25, 0.3) is 0 Å². The number of rotatable bonds is 0. The van der Waals surface area contributed by atoms with Crippen molar-refractivity contribution in [2.45, 2.75) is 22.0 Å². The van der Waals surface area contributed by atoms with Crippen LogP contribution in [0.15, 0.2) is 23.3 Å². The Hall–Kier alpha value is 0.880. The second-order valence-corrected chi connectivity index (χ2v) is 9.79. The van der Waals surface area contributed by atoms with Gasteiger partial charge in [0.2, 0.25) is 0 Å². The second kappa shape index (κ2) is 4.22. The highest BCUT2D eigenvalue weighted by Gasteiger charge is 2.69. The molecule has 1 saturated carbocycles. The van der Waals surface area contributed by atoms with Gasteiger partial charge in [-0.15, -0.1) is 47.0 Å². The van der Waals surface area contributed by atoms with E-state index in [1.807, 2.05) is 0 Å². The fourth-order valence-corrected chi connectivity index (χ4v) is 11.2. The maximum atomic E-state index is 2.35. The van der Waals surface area contributed by atoms with Gasteiger partial charge in [-0.05, 0) is 25.0 Å². The molecule has 0 amide bonds. The van der Waals surface area contributed by atoms with Crippen molar-refractivity contribution in [2.75, 3.05) is 23.0 Å². The lowest BCUT2D eigenvalue weighted by Gasteiger charge is -2.57. The van der Waals surface area contributed by atoms with Crippen LogP contribution in [-0.2, 0) is 0 Å². The van der Waals surface area contributed by atoms with Crippen LogP contribution in [0.5, 0.6) is 0 Å². The SMILES string of the molecule is C/C=C1/C(=C/C)C2(SCCS2)C12SCCS2. The molecule has 0 aromatic heterocycles. The summed E-state index contributed by atoms with van der Waals surface area (Å²) in [5.41, 5.74) is 3.23. The fraction of sp³-hybridized carbons (Fsp3) is 0.667. The van der Waals surface area contributed by atoms with Gasteiger partial charge in [-0.1, -0.05) is 12.2 Å². The van der Waals surface area contributed by atoms with E-state index in [0.717, 1.165) is 0 Å². The molecule has 88 valence electrons. The molecule has 4 heteroatoms. The van der Waals surface area contributed by atoms with Crippen LogP contribution in [0.4, 0.5) is 0 Å². The molecule has 0 aromatic rings. The minimum Gasteiger partial charge on any atom is -0.136 e. The highest BCUT2D eigenvalue weighted by atomic mass is 32.2. The van der Waals surface area contributed by atoms with Crippen molar-refractivity contribution in [2.24, 2.45) is 0 Å². The number of hydrogen-bond donors (Lipinski definition) is 0. The zero-order valence-electron chi connectivity index (χ0n) is 9.62. The molecule has 1 aliphatic carbocycles. The van der Waals surface area contributed by atoms with Crippen molar-refractivity contribution in [3.63, 3.8) is 0 Å². The average Bonchev–Trinajstić information content (AvgIpc) is 2.95. The predicted molar refractivity (Wildman–Crippen MR) is 82.8 cm³/mol. The van der Waals surface area contributed by atoms with Gasteiger partial charge in [0.15, 0.2) is 0 Å². The first-order valence-electron chi connectivity index (χ1n) is 5.70. The Morgan fingerprint density at radius 3 is 1.31 bits per heavy atom. The third-order valence-electron chi connectivity index (χ3n) is 3.40. The van der Waals surface area contributed by atoms with E-state index in [1.54, 1.807) is 11.1 Å². The average molecular weight is 289 g/mol. The number of allylic oxidation sites excluding steroid dienone is 2. The molecule has 0 atom stereocenters. The maximum Gasteiger partial charge on any atom is 0.114 e. The molecule has 2 aliphatic heterocycles. The van der Waals surface area contributed by atoms with E-state index in [0.29, 0.717) is 8.16 Å². The molecule has 3 fully saturated rings. The minimum absolute atomic E-state index is 0.384. The summed E-state index contributed by atoms with van der Waals surface area (Å²) in [7, 11) is 0. The highest BCUT2D eigenvalue weighted by Crippen LogP contribution is 2.77. The van der Waals surface area contributed by atoms with Crippen molar-refractivity contribution in [3.05, 3.63) is 23.3 Å². The molecule has 0 radical (unpaired) electrons. The lowest BCUT2D eigenvalue weighted by atomic mass is 9.82. The van der Waals surface area contributed by atoms with Crippen LogP contribution >= 0.6 is 47.0 Å². The van der Waals surface area contributed by atoms with Gasteiger partial charge in [-0.3, -0.25) is 0 Å². The van der Waals surface area contributed by atoms with Crippen molar-refractivity contribution >= 4 is 47.0 Å². The van der Waals surface area contributed by atoms with Gasteiger partial charge >= 0.3 is 0 Å². The molecule has 2 heterocycles. The van der Waals surface area contributed by atoms with Gasteiger partial charge in [0, 0.05) is 23.0 Å².